The predicted octanol–water partition coefficient (Wildman–Crippen LogP) is 3.92. The quantitative estimate of drug-likeness (QED) is 0.366. The van der Waals surface area contributed by atoms with Gasteiger partial charge in [-0.15, -0.1) is 0 Å². The normalized spacial score (nSPS) is 49.0. The van der Waals surface area contributed by atoms with Crippen molar-refractivity contribution in [3.05, 3.63) is 0 Å². The molecular formula is C38H63N3O8. The number of aliphatic hydroxyl groups is 2. The van der Waals surface area contributed by atoms with Crippen molar-refractivity contribution in [1.29, 1.82) is 0 Å². The molecule has 2 heterocycles. The molecule has 2 aliphatic heterocycles. The van der Waals surface area contributed by atoms with Crippen LogP contribution in [-0.2, 0) is 23.7 Å². The van der Waals surface area contributed by atoms with Gasteiger partial charge in [-0.2, -0.15) is 0 Å². The van der Waals surface area contributed by atoms with Crippen LogP contribution in [0.5, 0.6) is 0 Å². The number of rotatable bonds is 5. The molecule has 2 saturated heterocycles. The molecule has 0 aromatic heterocycles. The van der Waals surface area contributed by atoms with Gasteiger partial charge >= 0.3 is 12.0 Å². The van der Waals surface area contributed by atoms with E-state index >= 15 is 0 Å². The van der Waals surface area contributed by atoms with Gasteiger partial charge in [-0.1, -0.05) is 27.7 Å². The van der Waals surface area contributed by atoms with Crippen LogP contribution in [0.4, 0.5) is 4.79 Å². The number of carbonyl (C=O) groups excluding carboxylic acids is 2. The third-order valence-electron chi connectivity index (χ3n) is 15.6. The van der Waals surface area contributed by atoms with E-state index in [1.807, 2.05) is 4.90 Å². The largest absolute Gasteiger partial charge is 0.457 e. The van der Waals surface area contributed by atoms with Gasteiger partial charge in [0, 0.05) is 27.6 Å². The minimum Gasteiger partial charge on any atom is -0.457 e. The van der Waals surface area contributed by atoms with Crippen molar-refractivity contribution >= 4 is 12.0 Å². The first kappa shape index (κ1) is 35.9. The van der Waals surface area contributed by atoms with Gasteiger partial charge in [0.2, 0.25) is 0 Å². The molecule has 14 atom stereocenters. The lowest BCUT2D eigenvalue weighted by atomic mass is 9.43. The Kier molecular flexibility index (Phi) is 8.42. The fraction of sp³-hybridized carbons (Fsp3) is 0.947. The Bertz CT molecular complexity index is 1340. The smallest absolute Gasteiger partial charge is 0.319 e. The maximum atomic E-state index is 12.7. The van der Waals surface area contributed by atoms with Gasteiger partial charge in [0.15, 0.2) is 12.4 Å². The Labute approximate surface area is 292 Å². The molecule has 0 aromatic carbocycles. The maximum absolute atomic E-state index is 12.7. The van der Waals surface area contributed by atoms with E-state index < -0.39 is 47.8 Å². The van der Waals surface area contributed by atoms with Gasteiger partial charge in [0.05, 0.1) is 48.7 Å². The number of carbonyl (C=O) groups is 2. The molecule has 49 heavy (non-hydrogen) atoms. The van der Waals surface area contributed by atoms with E-state index in [0.717, 1.165) is 44.9 Å². The molecule has 0 radical (unpaired) electrons. The van der Waals surface area contributed by atoms with E-state index in [4.69, 9.17) is 24.7 Å². The summed E-state index contributed by atoms with van der Waals surface area (Å²) in [7, 11) is 3.56. The Balaban J connectivity index is 1.12. The highest BCUT2D eigenvalue weighted by atomic mass is 16.7. The topological polar surface area (TPSA) is 144 Å². The van der Waals surface area contributed by atoms with Crippen molar-refractivity contribution in [3.8, 4) is 0 Å². The zero-order valence-electron chi connectivity index (χ0n) is 31.4. The first-order valence-electron chi connectivity index (χ1n) is 19.0. The third kappa shape index (κ3) is 4.94. The van der Waals surface area contributed by atoms with Crippen LogP contribution in [0.3, 0.4) is 0 Å². The van der Waals surface area contributed by atoms with Crippen LogP contribution in [0.25, 0.3) is 0 Å². The van der Waals surface area contributed by atoms with Crippen LogP contribution in [0.2, 0.25) is 0 Å². The molecule has 4 N–H and O–H groups in total. The van der Waals surface area contributed by atoms with Crippen LogP contribution in [0.15, 0.2) is 0 Å². The van der Waals surface area contributed by atoms with E-state index in [9.17, 15) is 19.8 Å². The number of fused-ring (bicyclic) bond motifs is 4. The summed E-state index contributed by atoms with van der Waals surface area (Å²) < 4.78 is 25.3. The number of urea groups is 1. The second-order valence-electron chi connectivity index (χ2n) is 18.9. The molecule has 5 unspecified atom stereocenters. The van der Waals surface area contributed by atoms with Gasteiger partial charge < -0.3 is 44.7 Å². The first-order chi connectivity index (χ1) is 22.7. The van der Waals surface area contributed by atoms with Crippen molar-refractivity contribution < 1.29 is 38.7 Å². The van der Waals surface area contributed by atoms with Crippen LogP contribution in [-0.4, -0.2) is 114 Å². The molecule has 2 spiro atoms. The van der Waals surface area contributed by atoms with Crippen LogP contribution in [0, 0.1) is 45.3 Å². The van der Waals surface area contributed by atoms with Crippen molar-refractivity contribution in [2.45, 2.75) is 148 Å². The summed E-state index contributed by atoms with van der Waals surface area (Å²) in [5, 5.41) is 23.5. The third-order valence-corrected chi connectivity index (χ3v) is 15.6. The van der Waals surface area contributed by atoms with E-state index in [2.05, 4.69) is 27.7 Å². The van der Waals surface area contributed by atoms with E-state index in [1.165, 1.54) is 6.92 Å². The minimum atomic E-state index is -1.30. The Morgan fingerprint density at radius 2 is 1.73 bits per heavy atom. The lowest BCUT2D eigenvalue weighted by Gasteiger charge is -2.63. The van der Waals surface area contributed by atoms with Gasteiger partial charge in [0.25, 0.3) is 0 Å². The zero-order valence-corrected chi connectivity index (χ0v) is 31.4. The fourth-order valence-corrected chi connectivity index (χ4v) is 13.6. The zero-order chi connectivity index (χ0) is 35.7. The van der Waals surface area contributed by atoms with Crippen LogP contribution < -0.4 is 5.73 Å². The standard InChI is InChI=1S/C38H63N3O8/c1-21-18-23(31(34(5,6)45)47-22(2)42)48-29-28(21)35(7)14-15-37-20-36(37)13-12-26(49-27-19-41(16-17-46-27)32(44)40(8)9)33(3,4)24(36)10-11-25(37)38(35,39)30(29)43/h21,23-31,43,45H,10-20,39H2,1-9H3/t21-,23?,24+,25?,26+,27+,28+,29?,30+,31+,35-,36?,37?,38+/m1/s1. The number of hydrogen-bond donors (Lipinski definition) is 3. The lowest BCUT2D eigenvalue weighted by molar-refractivity contribution is -0.243. The molecule has 7 rings (SSSR count). The van der Waals surface area contributed by atoms with Crippen molar-refractivity contribution in [2.75, 3.05) is 33.8 Å². The second-order valence-corrected chi connectivity index (χ2v) is 18.9. The van der Waals surface area contributed by atoms with Gasteiger partial charge in [0.1, 0.15) is 0 Å². The Morgan fingerprint density at radius 3 is 2.39 bits per heavy atom. The van der Waals surface area contributed by atoms with E-state index in [-0.39, 0.29) is 51.5 Å². The number of ether oxygens (including phenoxy) is 4. The summed E-state index contributed by atoms with van der Waals surface area (Å²) in [5.41, 5.74) is 5.55. The number of nitrogens with zero attached hydrogens (tertiary/aromatic N) is 2. The molecule has 11 nitrogen and oxygen atoms in total. The molecule has 5 saturated carbocycles. The molecule has 0 bridgehead atoms. The molecule has 2 amide bonds. The Hall–Kier alpha value is -1.50. The fourth-order valence-electron chi connectivity index (χ4n) is 13.6. The molecule has 0 aromatic rings. The molecule has 7 aliphatic rings. The van der Waals surface area contributed by atoms with Crippen molar-refractivity contribution in [2.24, 2.45) is 51.1 Å². The van der Waals surface area contributed by atoms with E-state index in [1.54, 1.807) is 32.8 Å². The summed E-state index contributed by atoms with van der Waals surface area (Å²) >= 11 is 0. The summed E-state index contributed by atoms with van der Waals surface area (Å²) in [6.45, 7) is 15.4. The highest BCUT2D eigenvalue weighted by Gasteiger charge is 2.85. The maximum Gasteiger partial charge on any atom is 0.319 e. The molecule has 7 fully saturated rings. The highest BCUT2D eigenvalue weighted by Crippen LogP contribution is 2.87. The average molecular weight is 690 g/mol. The highest BCUT2D eigenvalue weighted by molar-refractivity contribution is 5.73. The number of aliphatic hydroxyl groups excluding tert-OH is 1. The van der Waals surface area contributed by atoms with E-state index in [0.29, 0.717) is 32.0 Å². The number of morpholine rings is 1. The molecule has 5 aliphatic carbocycles. The van der Waals surface area contributed by atoms with Crippen molar-refractivity contribution in [1.82, 2.24) is 9.80 Å². The number of hydrogen-bond acceptors (Lipinski definition) is 9. The molecule has 11 heteroatoms. The van der Waals surface area contributed by atoms with Crippen LogP contribution in [0.1, 0.15) is 99.8 Å². The number of esters is 1. The van der Waals surface area contributed by atoms with Crippen LogP contribution >= 0.6 is 0 Å². The first-order valence-corrected chi connectivity index (χ1v) is 19.0. The second kappa shape index (κ2) is 11.5. The summed E-state index contributed by atoms with van der Waals surface area (Å²) in [5.74, 6) is 0.446. The predicted molar refractivity (Wildman–Crippen MR) is 182 cm³/mol. The van der Waals surface area contributed by atoms with Gasteiger partial charge in [-0.05, 0) is 111 Å². The molecular weight excluding hydrogens is 626 g/mol. The summed E-state index contributed by atoms with van der Waals surface area (Å²) in [6, 6.07) is -0.0114. The monoisotopic (exact) mass is 689 g/mol. The SMILES string of the molecule is CC(=O)O[C@@H](C1C[C@@H](C)[C@H]2C(O1)[C@H](O)[C@@]1(N)C3CC[C@H]4C(C)(C)[C@@H](O[C@H]5CN(C(=O)N(C)C)CCO5)CCC45CC35CC[C@]21C)C(C)(C)O. The van der Waals surface area contributed by atoms with Gasteiger partial charge in [-0.25, -0.2) is 4.79 Å². The molecule has 278 valence electrons. The average Bonchev–Trinajstić information content (AvgIpc) is 3.65. The van der Waals surface area contributed by atoms with Crippen molar-refractivity contribution in [3.63, 3.8) is 0 Å². The lowest BCUT2D eigenvalue weighted by Crippen LogP contribution is -2.70. The number of nitrogens with two attached hydrogens (primary N) is 1. The minimum absolute atomic E-state index is 0.0114. The summed E-state index contributed by atoms with van der Waals surface area (Å²) in [4.78, 5) is 28.2. The Morgan fingerprint density at radius 1 is 1.06 bits per heavy atom. The van der Waals surface area contributed by atoms with Gasteiger partial charge in [-0.3, -0.25) is 4.79 Å². The summed E-state index contributed by atoms with van der Waals surface area (Å²) in [6.07, 6.45) is 4.78. The number of amides is 2.